The molecule has 0 bridgehead atoms. The maximum absolute atomic E-state index is 12.6. The Labute approximate surface area is 169 Å². The lowest BCUT2D eigenvalue weighted by molar-refractivity contribution is 0.103. The second-order valence-electron chi connectivity index (χ2n) is 5.88. The van der Waals surface area contributed by atoms with Gasteiger partial charge in [0.25, 0.3) is 5.91 Å². The van der Waals surface area contributed by atoms with Gasteiger partial charge < -0.3 is 5.32 Å². The molecule has 4 aromatic rings. The van der Waals surface area contributed by atoms with E-state index in [1.807, 2.05) is 55.5 Å². The maximum Gasteiger partial charge on any atom is 0.267 e. The minimum absolute atomic E-state index is 0.195. The first kappa shape index (κ1) is 18.0. The van der Waals surface area contributed by atoms with Crippen LogP contribution in [0.25, 0.3) is 10.1 Å². The van der Waals surface area contributed by atoms with Crippen molar-refractivity contribution in [1.29, 1.82) is 0 Å². The summed E-state index contributed by atoms with van der Waals surface area (Å²) in [6.45, 7) is 1.87. The number of nitrogens with one attached hydrogen (secondary N) is 2. The highest BCUT2D eigenvalue weighted by molar-refractivity contribution is 7.98. The second-order valence-corrected chi connectivity index (χ2v) is 8.26. The highest BCUT2D eigenvalue weighted by Gasteiger charge is 2.17. The number of hydrogen-bond acceptors (Lipinski definition) is 5. The van der Waals surface area contributed by atoms with E-state index in [4.69, 9.17) is 11.6 Å². The molecule has 4 rings (SSSR count). The Bertz CT molecular complexity index is 1100. The van der Waals surface area contributed by atoms with E-state index in [1.54, 1.807) is 11.8 Å². The van der Waals surface area contributed by atoms with Crippen LogP contribution in [0.2, 0.25) is 5.02 Å². The van der Waals surface area contributed by atoms with Gasteiger partial charge in [-0.2, -0.15) is 0 Å². The Morgan fingerprint density at radius 2 is 2.00 bits per heavy atom. The predicted octanol–water partition coefficient (Wildman–Crippen LogP) is 5.53. The lowest BCUT2D eigenvalue weighted by Crippen LogP contribution is -2.10. The van der Waals surface area contributed by atoms with Crippen LogP contribution in [-0.4, -0.2) is 21.1 Å². The molecule has 5 nitrogen and oxygen atoms in total. The van der Waals surface area contributed by atoms with E-state index >= 15 is 0 Å². The van der Waals surface area contributed by atoms with Crippen molar-refractivity contribution in [3.8, 4) is 0 Å². The van der Waals surface area contributed by atoms with E-state index in [0.717, 1.165) is 38.1 Å². The number of H-pyrrole nitrogens is 1. The van der Waals surface area contributed by atoms with Crippen LogP contribution in [0, 0.1) is 6.92 Å². The number of aromatic nitrogens is 3. The van der Waals surface area contributed by atoms with Crippen molar-refractivity contribution in [2.24, 2.45) is 0 Å². The molecule has 0 saturated carbocycles. The summed E-state index contributed by atoms with van der Waals surface area (Å²) < 4.78 is 1.00. The number of thiophene rings is 1. The fourth-order valence-electron chi connectivity index (χ4n) is 2.57. The van der Waals surface area contributed by atoms with Crippen molar-refractivity contribution in [1.82, 2.24) is 15.2 Å². The van der Waals surface area contributed by atoms with Crippen LogP contribution in [0.15, 0.2) is 53.7 Å². The van der Waals surface area contributed by atoms with Crippen LogP contribution >= 0.6 is 34.7 Å². The number of benzene rings is 2. The normalized spacial score (nSPS) is 11.0. The van der Waals surface area contributed by atoms with Crippen LogP contribution in [-0.2, 0) is 5.75 Å². The smallest absolute Gasteiger partial charge is 0.267 e. The SMILES string of the molecule is Cc1nc(SCc2ccc(NC(=O)c3sc4ccccc4c3Cl)cc2)n[nH]1. The molecule has 0 radical (unpaired) electrons. The molecular weight excluding hydrogens is 400 g/mol. The summed E-state index contributed by atoms with van der Waals surface area (Å²) >= 11 is 9.33. The van der Waals surface area contributed by atoms with E-state index in [-0.39, 0.29) is 5.91 Å². The first-order valence-corrected chi connectivity index (χ1v) is 10.4. The fourth-order valence-corrected chi connectivity index (χ4v) is 4.78. The molecular formula is C19H15ClN4OS2. The van der Waals surface area contributed by atoms with Gasteiger partial charge in [0.2, 0.25) is 5.16 Å². The molecule has 0 atom stereocenters. The molecule has 136 valence electrons. The highest BCUT2D eigenvalue weighted by atomic mass is 35.5. The van der Waals surface area contributed by atoms with Crippen LogP contribution in [0.1, 0.15) is 21.1 Å². The Hall–Kier alpha value is -2.35. The third-order valence-electron chi connectivity index (χ3n) is 3.90. The van der Waals surface area contributed by atoms with Gasteiger partial charge in [-0.05, 0) is 30.7 Å². The number of thioether (sulfide) groups is 1. The van der Waals surface area contributed by atoms with Crippen LogP contribution < -0.4 is 5.32 Å². The first-order chi connectivity index (χ1) is 13.1. The number of amides is 1. The number of fused-ring (bicyclic) bond motifs is 1. The molecule has 0 saturated heterocycles. The van der Waals surface area contributed by atoms with E-state index in [2.05, 4.69) is 20.5 Å². The molecule has 2 heterocycles. The van der Waals surface area contributed by atoms with Gasteiger partial charge in [0.05, 0.1) is 5.02 Å². The van der Waals surface area contributed by atoms with Gasteiger partial charge in [0.15, 0.2) is 0 Å². The zero-order chi connectivity index (χ0) is 18.8. The monoisotopic (exact) mass is 414 g/mol. The van der Waals surface area contributed by atoms with Crippen molar-refractivity contribution in [2.75, 3.05) is 5.32 Å². The molecule has 0 fully saturated rings. The number of hydrogen-bond donors (Lipinski definition) is 2. The van der Waals surface area contributed by atoms with Gasteiger partial charge >= 0.3 is 0 Å². The lowest BCUT2D eigenvalue weighted by Gasteiger charge is -2.05. The standard InChI is InChI=1S/C19H15ClN4OS2/c1-11-21-19(24-23-11)26-10-12-6-8-13(9-7-12)22-18(25)17-16(20)14-4-2-3-5-15(14)27-17/h2-9H,10H2,1H3,(H,22,25)(H,21,23,24). The summed E-state index contributed by atoms with van der Waals surface area (Å²) in [5.74, 6) is 1.36. The van der Waals surface area contributed by atoms with Crippen molar-refractivity contribution < 1.29 is 4.79 Å². The number of nitrogens with zero attached hydrogens (tertiary/aromatic N) is 2. The molecule has 0 aliphatic carbocycles. The number of halogens is 1. The maximum atomic E-state index is 12.6. The molecule has 0 unspecified atom stereocenters. The number of carbonyl (C=O) groups excluding carboxylic acids is 1. The average Bonchev–Trinajstić information content (AvgIpc) is 3.25. The molecule has 0 spiro atoms. The highest BCUT2D eigenvalue weighted by Crippen LogP contribution is 2.35. The summed E-state index contributed by atoms with van der Waals surface area (Å²) in [6.07, 6.45) is 0. The van der Waals surface area contributed by atoms with Crippen LogP contribution in [0.5, 0.6) is 0 Å². The topological polar surface area (TPSA) is 70.7 Å². The van der Waals surface area contributed by atoms with Gasteiger partial charge in [-0.15, -0.1) is 16.4 Å². The molecule has 1 amide bonds. The minimum atomic E-state index is -0.195. The molecule has 8 heteroatoms. The zero-order valence-corrected chi connectivity index (χ0v) is 16.7. The summed E-state index contributed by atoms with van der Waals surface area (Å²) in [4.78, 5) is 17.4. The molecule has 27 heavy (non-hydrogen) atoms. The third kappa shape index (κ3) is 4.00. The quantitative estimate of drug-likeness (QED) is 0.421. The Morgan fingerprint density at radius 3 is 2.70 bits per heavy atom. The molecule has 2 aromatic carbocycles. The van der Waals surface area contributed by atoms with Crippen LogP contribution in [0.3, 0.4) is 0 Å². The van der Waals surface area contributed by atoms with E-state index in [0.29, 0.717) is 9.90 Å². The Balaban J connectivity index is 1.43. The zero-order valence-electron chi connectivity index (χ0n) is 14.3. The first-order valence-electron chi connectivity index (χ1n) is 8.19. The van der Waals surface area contributed by atoms with Gasteiger partial charge in [-0.1, -0.05) is 53.7 Å². The number of carbonyl (C=O) groups is 1. The Morgan fingerprint density at radius 1 is 1.22 bits per heavy atom. The third-order valence-corrected chi connectivity index (χ3v) is 6.49. The number of aryl methyl sites for hydroxylation is 1. The molecule has 2 N–H and O–H groups in total. The van der Waals surface area contributed by atoms with E-state index < -0.39 is 0 Å². The van der Waals surface area contributed by atoms with Crippen molar-refractivity contribution in [2.45, 2.75) is 17.8 Å². The Kier molecular flexibility index (Phi) is 5.15. The summed E-state index contributed by atoms with van der Waals surface area (Å²) in [5, 5.41) is 12.0. The van der Waals surface area contributed by atoms with Crippen molar-refractivity contribution >= 4 is 56.4 Å². The van der Waals surface area contributed by atoms with Crippen molar-refractivity contribution in [3.05, 3.63) is 69.8 Å². The molecule has 2 aromatic heterocycles. The summed E-state index contributed by atoms with van der Waals surface area (Å²) in [6, 6.07) is 15.5. The number of anilines is 1. The van der Waals surface area contributed by atoms with Crippen molar-refractivity contribution in [3.63, 3.8) is 0 Å². The minimum Gasteiger partial charge on any atom is -0.321 e. The van der Waals surface area contributed by atoms with E-state index in [1.165, 1.54) is 11.3 Å². The fraction of sp³-hybridized carbons (Fsp3) is 0.105. The van der Waals surface area contributed by atoms with Gasteiger partial charge in [0, 0.05) is 21.5 Å². The largest absolute Gasteiger partial charge is 0.321 e. The summed E-state index contributed by atoms with van der Waals surface area (Å²) in [7, 11) is 0. The van der Waals surface area contributed by atoms with Gasteiger partial charge in [-0.3, -0.25) is 9.89 Å². The van der Waals surface area contributed by atoms with E-state index in [9.17, 15) is 4.79 Å². The number of rotatable bonds is 5. The predicted molar refractivity (Wildman–Crippen MR) is 112 cm³/mol. The van der Waals surface area contributed by atoms with Gasteiger partial charge in [0.1, 0.15) is 10.7 Å². The molecule has 0 aliphatic heterocycles. The second kappa shape index (κ2) is 7.72. The summed E-state index contributed by atoms with van der Waals surface area (Å²) in [5.41, 5.74) is 1.86. The lowest BCUT2D eigenvalue weighted by atomic mass is 10.2. The van der Waals surface area contributed by atoms with Crippen LogP contribution in [0.4, 0.5) is 5.69 Å². The molecule has 0 aliphatic rings. The van der Waals surface area contributed by atoms with Gasteiger partial charge in [-0.25, -0.2) is 4.98 Å². The average molecular weight is 415 g/mol. The number of aromatic amines is 1.